The van der Waals surface area contributed by atoms with Crippen molar-refractivity contribution < 1.29 is 4.79 Å². The van der Waals surface area contributed by atoms with Crippen LogP contribution in [0.15, 0.2) is 58.6 Å². The molecule has 1 aromatic carbocycles. The van der Waals surface area contributed by atoms with Crippen LogP contribution in [0.3, 0.4) is 0 Å². The second-order valence-electron chi connectivity index (χ2n) is 4.59. The van der Waals surface area contributed by atoms with Crippen LogP contribution in [0.25, 0.3) is 10.6 Å². The largest absolute Gasteiger partial charge is 0.325 e. The molecule has 0 bridgehead atoms. The quantitative estimate of drug-likeness (QED) is 0.747. The summed E-state index contributed by atoms with van der Waals surface area (Å²) in [5.41, 5.74) is 2.48. The van der Waals surface area contributed by atoms with Crippen molar-refractivity contribution in [2.45, 2.75) is 6.42 Å². The van der Waals surface area contributed by atoms with Crippen LogP contribution in [-0.2, 0) is 11.2 Å². The fourth-order valence-electron chi connectivity index (χ4n) is 1.93. The summed E-state index contributed by atoms with van der Waals surface area (Å²) in [6.07, 6.45) is 3.74. The van der Waals surface area contributed by atoms with Gasteiger partial charge in [-0.3, -0.25) is 9.78 Å². The molecule has 22 heavy (non-hydrogen) atoms. The lowest BCUT2D eigenvalue weighted by Gasteiger charge is -2.05. The van der Waals surface area contributed by atoms with Gasteiger partial charge >= 0.3 is 0 Å². The van der Waals surface area contributed by atoms with Crippen LogP contribution >= 0.6 is 27.3 Å². The second-order valence-corrected chi connectivity index (χ2v) is 6.30. The van der Waals surface area contributed by atoms with Crippen LogP contribution in [0.5, 0.6) is 0 Å². The van der Waals surface area contributed by atoms with Gasteiger partial charge in [-0.05, 0) is 40.2 Å². The molecule has 0 unspecified atom stereocenters. The molecule has 1 amide bonds. The molecule has 0 saturated carbocycles. The Morgan fingerprint density at radius 3 is 2.86 bits per heavy atom. The first-order valence-electron chi connectivity index (χ1n) is 6.61. The van der Waals surface area contributed by atoms with E-state index in [1.165, 1.54) is 11.3 Å². The number of aromatic nitrogens is 2. The standard InChI is InChI=1S/C16H12BrN3OS/c17-13-5-1-2-6-14(13)20-15(21)8-12-10-22-16(19-12)11-4-3-7-18-9-11/h1-7,9-10H,8H2,(H,20,21). The fourth-order valence-corrected chi connectivity index (χ4v) is 3.13. The number of para-hydroxylation sites is 1. The highest BCUT2D eigenvalue weighted by Gasteiger charge is 2.10. The third-order valence-electron chi connectivity index (χ3n) is 2.95. The average molecular weight is 374 g/mol. The van der Waals surface area contributed by atoms with Gasteiger partial charge in [0.25, 0.3) is 0 Å². The predicted octanol–water partition coefficient (Wildman–Crippen LogP) is 4.15. The summed E-state index contributed by atoms with van der Waals surface area (Å²) >= 11 is 4.92. The first-order chi connectivity index (χ1) is 10.7. The molecule has 0 spiro atoms. The van der Waals surface area contributed by atoms with E-state index >= 15 is 0 Å². The number of hydrogen-bond donors (Lipinski definition) is 1. The van der Waals surface area contributed by atoms with Gasteiger partial charge in [0.2, 0.25) is 5.91 Å². The molecule has 0 atom stereocenters. The lowest BCUT2D eigenvalue weighted by Crippen LogP contribution is -2.14. The number of nitrogens with zero attached hydrogens (tertiary/aromatic N) is 2. The van der Waals surface area contributed by atoms with E-state index in [2.05, 4.69) is 31.2 Å². The molecule has 3 aromatic rings. The van der Waals surface area contributed by atoms with Gasteiger partial charge in [-0.1, -0.05) is 12.1 Å². The second kappa shape index (κ2) is 6.81. The number of amides is 1. The molecule has 0 fully saturated rings. The molecule has 0 aliphatic carbocycles. The Labute approximate surface area is 140 Å². The zero-order valence-electron chi connectivity index (χ0n) is 11.5. The summed E-state index contributed by atoms with van der Waals surface area (Å²) in [5, 5.41) is 5.65. The maximum absolute atomic E-state index is 12.1. The molecule has 3 rings (SSSR count). The highest BCUT2D eigenvalue weighted by molar-refractivity contribution is 9.10. The maximum Gasteiger partial charge on any atom is 0.230 e. The number of thiazole rings is 1. The van der Waals surface area contributed by atoms with Gasteiger partial charge in [-0.25, -0.2) is 4.98 Å². The summed E-state index contributed by atoms with van der Waals surface area (Å²) in [6, 6.07) is 11.3. The summed E-state index contributed by atoms with van der Waals surface area (Å²) < 4.78 is 0.859. The number of benzene rings is 1. The van der Waals surface area contributed by atoms with E-state index in [-0.39, 0.29) is 12.3 Å². The van der Waals surface area contributed by atoms with E-state index in [9.17, 15) is 4.79 Å². The third-order valence-corrected chi connectivity index (χ3v) is 4.58. The van der Waals surface area contributed by atoms with Gasteiger partial charge in [0.15, 0.2) is 0 Å². The Bertz CT molecular complexity index is 789. The third kappa shape index (κ3) is 3.58. The van der Waals surface area contributed by atoms with Gasteiger partial charge in [0.05, 0.1) is 17.8 Å². The summed E-state index contributed by atoms with van der Waals surface area (Å²) in [7, 11) is 0. The molecule has 2 aromatic heterocycles. The number of pyridine rings is 1. The minimum Gasteiger partial charge on any atom is -0.325 e. The molecular formula is C16H12BrN3OS. The average Bonchev–Trinajstić information content (AvgIpc) is 2.99. The molecule has 0 radical (unpaired) electrons. The van der Waals surface area contributed by atoms with Crippen molar-refractivity contribution in [3.8, 4) is 10.6 Å². The number of carbonyl (C=O) groups is 1. The maximum atomic E-state index is 12.1. The van der Waals surface area contributed by atoms with Gasteiger partial charge in [0, 0.05) is 27.8 Å². The number of halogens is 1. The Morgan fingerprint density at radius 2 is 2.09 bits per heavy atom. The summed E-state index contributed by atoms with van der Waals surface area (Å²) in [6.45, 7) is 0. The van der Waals surface area contributed by atoms with Crippen molar-refractivity contribution in [1.82, 2.24) is 9.97 Å². The molecule has 4 nitrogen and oxygen atoms in total. The topological polar surface area (TPSA) is 54.9 Å². The van der Waals surface area contributed by atoms with Gasteiger partial charge in [0.1, 0.15) is 5.01 Å². The highest BCUT2D eigenvalue weighted by Crippen LogP contribution is 2.24. The number of nitrogens with one attached hydrogen (secondary N) is 1. The molecule has 0 aliphatic heterocycles. The van der Waals surface area contributed by atoms with Crippen LogP contribution in [-0.4, -0.2) is 15.9 Å². The van der Waals surface area contributed by atoms with E-state index < -0.39 is 0 Å². The van der Waals surface area contributed by atoms with E-state index in [1.54, 1.807) is 12.4 Å². The molecule has 0 aliphatic rings. The van der Waals surface area contributed by atoms with Crippen molar-refractivity contribution >= 4 is 38.9 Å². The van der Waals surface area contributed by atoms with Crippen molar-refractivity contribution in [3.63, 3.8) is 0 Å². The Balaban J connectivity index is 1.68. The zero-order valence-corrected chi connectivity index (χ0v) is 13.9. The van der Waals surface area contributed by atoms with Gasteiger partial charge in [-0.15, -0.1) is 11.3 Å². The summed E-state index contributed by atoms with van der Waals surface area (Å²) in [4.78, 5) is 20.7. The fraction of sp³-hybridized carbons (Fsp3) is 0.0625. The smallest absolute Gasteiger partial charge is 0.230 e. The van der Waals surface area contributed by atoms with Crippen molar-refractivity contribution in [2.24, 2.45) is 0 Å². The van der Waals surface area contributed by atoms with E-state index in [0.29, 0.717) is 0 Å². The van der Waals surface area contributed by atoms with Crippen LogP contribution in [0.2, 0.25) is 0 Å². The number of hydrogen-bond acceptors (Lipinski definition) is 4. The van der Waals surface area contributed by atoms with Crippen molar-refractivity contribution in [3.05, 3.63) is 64.3 Å². The van der Waals surface area contributed by atoms with E-state index in [4.69, 9.17) is 0 Å². The Kier molecular flexibility index (Phi) is 4.60. The van der Waals surface area contributed by atoms with Crippen molar-refractivity contribution in [2.75, 3.05) is 5.32 Å². The SMILES string of the molecule is O=C(Cc1csc(-c2cccnc2)n1)Nc1ccccc1Br. The normalized spacial score (nSPS) is 10.4. The van der Waals surface area contributed by atoms with Crippen LogP contribution in [0.4, 0.5) is 5.69 Å². The molecule has 110 valence electrons. The molecule has 6 heteroatoms. The first-order valence-corrected chi connectivity index (χ1v) is 8.29. The molecule has 2 heterocycles. The number of anilines is 1. The zero-order chi connectivity index (χ0) is 15.4. The van der Waals surface area contributed by atoms with Crippen molar-refractivity contribution in [1.29, 1.82) is 0 Å². The van der Waals surface area contributed by atoms with Crippen LogP contribution in [0, 0.1) is 0 Å². The summed E-state index contributed by atoms with van der Waals surface area (Å²) in [5.74, 6) is -0.0880. The van der Waals surface area contributed by atoms with Crippen LogP contribution in [0.1, 0.15) is 5.69 Å². The number of carbonyl (C=O) groups excluding carboxylic acids is 1. The minimum absolute atomic E-state index is 0.0880. The van der Waals surface area contributed by atoms with E-state index in [1.807, 2.05) is 41.8 Å². The Morgan fingerprint density at radius 1 is 1.23 bits per heavy atom. The molecule has 1 N–H and O–H groups in total. The highest BCUT2D eigenvalue weighted by atomic mass is 79.9. The molecule has 0 saturated heterocycles. The minimum atomic E-state index is -0.0880. The predicted molar refractivity (Wildman–Crippen MR) is 91.8 cm³/mol. The van der Waals surface area contributed by atoms with Gasteiger partial charge in [-0.2, -0.15) is 0 Å². The lowest BCUT2D eigenvalue weighted by atomic mass is 10.2. The van der Waals surface area contributed by atoms with Crippen LogP contribution < -0.4 is 5.32 Å². The first kappa shape index (κ1) is 14.9. The Hall–Kier alpha value is -2.05. The molecular weight excluding hydrogens is 362 g/mol. The lowest BCUT2D eigenvalue weighted by molar-refractivity contribution is -0.115. The van der Waals surface area contributed by atoms with E-state index in [0.717, 1.165) is 26.4 Å². The van der Waals surface area contributed by atoms with Gasteiger partial charge < -0.3 is 5.32 Å². The monoisotopic (exact) mass is 373 g/mol. The number of rotatable bonds is 4.